The van der Waals surface area contributed by atoms with Crippen molar-refractivity contribution in [2.75, 3.05) is 6.54 Å². The molecule has 3 rings (SSSR count). The molecular weight excluding hydrogens is 536 g/mol. The van der Waals surface area contributed by atoms with Gasteiger partial charge >= 0.3 is 5.97 Å². The van der Waals surface area contributed by atoms with Gasteiger partial charge in [0.1, 0.15) is 18.1 Å². The van der Waals surface area contributed by atoms with E-state index in [1.165, 1.54) is 0 Å². The minimum atomic E-state index is -1.17. The third-order valence-corrected chi connectivity index (χ3v) is 7.18. The molecule has 1 aromatic heterocycles. The second kappa shape index (κ2) is 15.7. The number of carbonyl (C=O) groups excluding carboxylic acids is 3. The van der Waals surface area contributed by atoms with Crippen LogP contribution in [0.1, 0.15) is 44.2 Å². The smallest absolute Gasteiger partial charge is 0.326 e. The molecule has 3 aromatic rings. The Morgan fingerprint density at radius 3 is 2.17 bits per heavy atom. The summed E-state index contributed by atoms with van der Waals surface area (Å²) in [6.45, 7) is 3.97. The lowest BCUT2D eigenvalue weighted by atomic mass is 9.99. The lowest BCUT2D eigenvalue weighted by molar-refractivity contribution is -0.142. The summed E-state index contributed by atoms with van der Waals surface area (Å²) in [5.41, 5.74) is 14.4. The largest absolute Gasteiger partial charge is 0.480 e. The Bertz CT molecular complexity index is 1340. The van der Waals surface area contributed by atoms with Crippen molar-refractivity contribution < 1.29 is 24.3 Å². The zero-order chi connectivity index (χ0) is 30.6. The van der Waals surface area contributed by atoms with E-state index in [1.54, 1.807) is 13.8 Å². The number of carboxylic acids is 1. The molecule has 0 radical (unpaired) electrons. The molecule has 2 aromatic carbocycles. The molecule has 0 aliphatic carbocycles. The first-order valence-corrected chi connectivity index (χ1v) is 14.3. The number of amides is 3. The van der Waals surface area contributed by atoms with Crippen molar-refractivity contribution in [1.82, 2.24) is 20.9 Å². The first-order valence-electron chi connectivity index (χ1n) is 14.3. The Morgan fingerprint density at radius 2 is 1.50 bits per heavy atom. The molecule has 0 aliphatic heterocycles. The van der Waals surface area contributed by atoms with Gasteiger partial charge in [0.05, 0.1) is 6.04 Å². The van der Waals surface area contributed by atoms with Crippen molar-refractivity contribution in [2.45, 2.75) is 70.1 Å². The van der Waals surface area contributed by atoms with Crippen LogP contribution >= 0.6 is 0 Å². The molecule has 0 spiro atoms. The summed E-state index contributed by atoms with van der Waals surface area (Å²) in [6.07, 6.45) is 3.58. The maximum Gasteiger partial charge on any atom is 0.326 e. The van der Waals surface area contributed by atoms with E-state index in [1.807, 2.05) is 60.8 Å². The van der Waals surface area contributed by atoms with Gasteiger partial charge in [0.15, 0.2) is 0 Å². The summed E-state index contributed by atoms with van der Waals surface area (Å²) in [7, 11) is 0. The molecule has 3 amide bonds. The molecule has 0 fully saturated rings. The Balaban J connectivity index is 1.72. The van der Waals surface area contributed by atoms with Gasteiger partial charge in [-0.25, -0.2) is 4.79 Å². The Morgan fingerprint density at radius 1 is 0.833 bits per heavy atom. The molecule has 4 unspecified atom stereocenters. The van der Waals surface area contributed by atoms with Crippen LogP contribution in [0.15, 0.2) is 60.8 Å². The monoisotopic (exact) mass is 578 g/mol. The van der Waals surface area contributed by atoms with E-state index in [2.05, 4.69) is 20.9 Å². The van der Waals surface area contributed by atoms with Crippen LogP contribution in [0.2, 0.25) is 0 Å². The highest BCUT2D eigenvalue weighted by atomic mass is 16.4. The molecule has 11 heteroatoms. The molecule has 11 nitrogen and oxygen atoms in total. The lowest BCUT2D eigenvalue weighted by Gasteiger charge is -2.27. The van der Waals surface area contributed by atoms with Crippen molar-refractivity contribution in [2.24, 2.45) is 17.4 Å². The number of para-hydroxylation sites is 1. The number of aliphatic carboxylic acids is 1. The average molecular weight is 579 g/mol. The normalized spacial score (nSPS) is 14.1. The van der Waals surface area contributed by atoms with Crippen LogP contribution in [0.25, 0.3) is 10.9 Å². The van der Waals surface area contributed by atoms with Crippen LogP contribution in [-0.4, -0.2) is 64.5 Å². The molecule has 4 atom stereocenters. The number of fused-ring (bicyclic) bond motifs is 1. The van der Waals surface area contributed by atoms with Crippen LogP contribution in [-0.2, 0) is 32.0 Å². The highest BCUT2D eigenvalue weighted by molar-refractivity contribution is 5.94. The number of nitrogens with one attached hydrogen (secondary N) is 4. The van der Waals surface area contributed by atoms with Crippen LogP contribution in [0, 0.1) is 5.92 Å². The van der Waals surface area contributed by atoms with Crippen molar-refractivity contribution in [3.63, 3.8) is 0 Å². The number of hydrogen-bond donors (Lipinski definition) is 7. The number of carboxylic acid groups (broad SMARTS) is 1. The second-order valence-electron chi connectivity index (χ2n) is 10.8. The maximum atomic E-state index is 13.5. The average Bonchev–Trinajstić information content (AvgIpc) is 3.37. The standard InChI is InChI=1S/C31H42N6O5/c1-19(2)27(37-28(38)23(33)17-21-18-34-24-13-7-6-12-22(21)24)30(40)36-26(16-20-10-4-3-5-11-20)29(39)35-25(31(41)42)14-8-9-15-32/h3-7,10-13,18-19,23,25-27,34H,8-9,14-17,32-33H2,1-2H3,(H,35,39)(H,36,40)(H,37,38)(H,41,42). The summed E-state index contributed by atoms with van der Waals surface area (Å²) in [6, 6.07) is 12.7. The quantitative estimate of drug-likeness (QED) is 0.125. The minimum absolute atomic E-state index is 0.131. The van der Waals surface area contributed by atoms with Gasteiger partial charge in [-0.05, 0) is 55.3 Å². The van der Waals surface area contributed by atoms with Gasteiger partial charge in [-0.15, -0.1) is 0 Å². The number of carbonyl (C=O) groups is 4. The fourth-order valence-corrected chi connectivity index (χ4v) is 4.77. The molecule has 0 aliphatic rings. The van der Waals surface area contributed by atoms with Gasteiger partial charge in [-0.2, -0.15) is 0 Å². The summed E-state index contributed by atoms with van der Waals surface area (Å²) in [5, 5.41) is 18.7. The van der Waals surface area contributed by atoms with E-state index in [0.717, 1.165) is 22.0 Å². The summed E-state index contributed by atoms with van der Waals surface area (Å²) >= 11 is 0. The molecule has 1 heterocycles. The van der Waals surface area contributed by atoms with Crippen LogP contribution < -0.4 is 27.4 Å². The Hall–Kier alpha value is -4.22. The van der Waals surface area contributed by atoms with Gasteiger partial charge in [-0.3, -0.25) is 14.4 Å². The SMILES string of the molecule is CC(C)C(NC(=O)C(N)Cc1c[nH]c2ccccc12)C(=O)NC(Cc1ccccc1)C(=O)NC(CCCCN)C(=O)O. The number of benzene rings is 2. The fraction of sp³-hybridized carbons (Fsp3) is 0.419. The molecule has 42 heavy (non-hydrogen) atoms. The van der Waals surface area contributed by atoms with E-state index < -0.39 is 47.9 Å². The number of H-pyrrole nitrogens is 1. The summed E-state index contributed by atoms with van der Waals surface area (Å²) in [4.78, 5) is 54.9. The minimum Gasteiger partial charge on any atom is -0.480 e. The predicted octanol–water partition coefficient (Wildman–Crippen LogP) is 1.60. The zero-order valence-corrected chi connectivity index (χ0v) is 24.1. The zero-order valence-electron chi connectivity index (χ0n) is 24.1. The molecule has 226 valence electrons. The van der Waals surface area contributed by atoms with Crippen LogP contribution in [0.5, 0.6) is 0 Å². The predicted molar refractivity (Wildman–Crippen MR) is 161 cm³/mol. The van der Waals surface area contributed by atoms with E-state index >= 15 is 0 Å². The van der Waals surface area contributed by atoms with E-state index in [4.69, 9.17) is 11.5 Å². The number of hydrogen-bond acceptors (Lipinski definition) is 6. The topological polar surface area (TPSA) is 192 Å². The number of aromatic amines is 1. The number of aromatic nitrogens is 1. The molecular formula is C31H42N6O5. The Labute approximate surface area is 245 Å². The lowest BCUT2D eigenvalue weighted by Crippen LogP contribution is -2.59. The van der Waals surface area contributed by atoms with Crippen LogP contribution in [0.3, 0.4) is 0 Å². The first kappa shape index (κ1) is 32.3. The molecule has 0 saturated heterocycles. The van der Waals surface area contributed by atoms with E-state index in [-0.39, 0.29) is 25.2 Å². The summed E-state index contributed by atoms with van der Waals surface area (Å²) < 4.78 is 0. The van der Waals surface area contributed by atoms with Gasteiger partial charge in [0.2, 0.25) is 17.7 Å². The van der Waals surface area contributed by atoms with Gasteiger partial charge in [0, 0.05) is 23.5 Å². The number of rotatable bonds is 16. The van der Waals surface area contributed by atoms with Gasteiger partial charge in [-0.1, -0.05) is 62.4 Å². The van der Waals surface area contributed by atoms with Crippen molar-refractivity contribution in [3.05, 3.63) is 71.9 Å². The number of unbranched alkanes of at least 4 members (excludes halogenated alkanes) is 1. The highest BCUT2D eigenvalue weighted by Crippen LogP contribution is 2.19. The highest BCUT2D eigenvalue weighted by Gasteiger charge is 2.32. The van der Waals surface area contributed by atoms with Gasteiger partial charge in [0.25, 0.3) is 0 Å². The second-order valence-corrected chi connectivity index (χ2v) is 10.8. The van der Waals surface area contributed by atoms with Crippen molar-refractivity contribution in [3.8, 4) is 0 Å². The van der Waals surface area contributed by atoms with Gasteiger partial charge < -0.3 is 37.5 Å². The first-order chi connectivity index (χ1) is 20.1. The Kier molecular flexibility index (Phi) is 12.1. The van der Waals surface area contributed by atoms with Crippen molar-refractivity contribution >= 4 is 34.6 Å². The molecule has 0 saturated carbocycles. The maximum absolute atomic E-state index is 13.5. The third-order valence-electron chi connectivity index (χ3n) is 7.18. The molecule has 0 bridgehead atoms. The van der Waals surface area contributed by atoms with E-state index in [9.17, 15) is 24.3 Å². The van der Waals surface area contributed by atoms with Crippen molar-refractivity contribution in [1.29, 1.82) is 0 Å². The fourth-order valence-electron chi connectivity index (χ4n) is 4.77. The van der Waals surface area contributed by atoms with Crippen LogP contribution in [0.4, 0.5) is 0 Å². The van der Waals surface area contributed by atoms with E-state index in [0.29, 0.717) is 19.4 Å². The number of nitrogens with two attached hydrogens (primary N) is 2. The molecule has 9 N–H and O–H groups in total. The summed E-state index contributed by atoms with van der Waals surface area (Å²) in [5.74, 6) is -3.18. The third kappa shape index (κ3) is 9.15.